The van der Waals surface area contributed by atoms with Crippen LogP contribution in [-0.2, 0) is 0 Å². The average Bonchev–Trinajstić information content (AvgIpc) is 2.52. The lowest BCUT2D eigenvalue weighted by molar-refractivity contribution is 0.0964. The van der Waals surface area contributed by atoms with Crippen molar-refractivity contribution in [2.24, 2.45) is 0 Å². The van der Waals surface area contributed by atoms with Crippen LogP contribution in [0.4, 0.5) is 11.4 Å². The largest absolute Gasteiger partial charge is 0.399 e. The van der Waals surface area contributed by atoms with E-state index in [1.165, 1.54) is 32.4 Å². The number of likely N-dealkylation sites (tertiary alicyclic amines) is 1. The van der Waals surface area contributed by atoms with E-state index in [-0.39, 0.29) is 5.91 Å². The van der Waals surface area contributed by atoms with Crippen LogP contribution in [-0.4, -0.2) is 43.5 Å². The van der Waals surface area contributed by atoms with E-state index in [9.17, 15) is 4.79 Å². The van der Waals surface area contributed by atoms with Gasteiger partial charge in [-0.25, -0.2) is 0 Å². The number of benzene rings is 1. The Balaban J connectivity index is 2.01. The van der Waals surface area contributed by atoms with Gasteiger partial charge in [0.1, 0.15) is 0 Å². The summed E-state index contributed by atoms with van der Waals surface area (Å²) >= 11 is 0. The SMILES string of the molecule is CNC(=O)c1ccc(N)cc1NCC(C)N1CCCCC1. The van der Waals surface area contributed by atoms with Crippen molar-refractivity contribution in [1.82, 2.24) is 10.2 Å². The molecule has 1 amide bonds. The van der Waals surface area contributed by atoms with Crippen LogP contribution in [0.15, 0.2) is 18.2 Å². The van der Waals surface area contributed by atoms with Gasteiger partial charge >= 0.3 is 0 Å². The molecular weight excluding hydrogens is 264 g/mol. The van der Waals surface area contributed by atoms with Crippen molar-refractivity contribution in [1.29, 1.82) is 0 Å². The highest BCUT2D eigenvalue weighted by Crippen LogP contribution is 2.20. The number of nitrogens with zero attached hydrogens (tertiary/aromatic N) is 1. The highest BCUT2D eigenvalue weighted by atomic mass is 16.1. The Morgan fingerprint density at radius 1 is 1.33 bits per heavy atom. The Bertz CT molecular complexity index is 483. The van der Waals surface area contributed by atoms with Crippen molar-refractivity contribution in [2.45, 2.75) is 32.2 Å². The molecule has 116 valence electrons. The summed E-state index contributed by atoms with van der Waals surface area (Å²) in [5.41, 5.74) is 7.94. The molecule has 0 aromatic heterocycles. The predicted octanol–water partition coefficient (Wildman–Crippen LogP) is 1.91. The number of rotatable bonds is 5. The molecular formula is C16H26N4O. The smallest absolute Gasteiger partial charge is 0.253 e. The topological polar surface area (TPSA) is 70.4 Å². The van der Waals surface area contributed by atoms with Crippen molar-refractivity contribution in [3.63, 3.8) is 0 Å². The number of nitrogen functional groups attached to an aromatic ring is 1. The molecule has 5 heteroatoms. The van der Waals surface area contributed by atoms with Crippen molar-refractivity contribution in [2.75, 3.05) is 37.7 Å². The molecule has 1 aliphatic rings. The minimum Gasteiger partial charge on any atom is -0.399 e. The summed E-state index contributed by atoms with van der Waals surface area (Å²) in [7, 11) is 1.64. The van der Waals surface area contributed by atoms with E-state index in [1.54, 1.807) is 19.2 Å². The minimum absolute atomic E-state index is 0.0943. The number of nitrogens with two attached hydrogens (primary N) is 1. The molecule has 0 saturated carbocycles. The van der Waals surface area contributed by atoms with E-state index in [0.29, 0.717) is 17.3 Å². The van der Waals surface area contributed by atoms with Gasteiger partial charge in [0, 0.05) is 31.0 Å². The standard InChI is InChI=1S/C16H26N4O/c1-12(20-8-4-3-5-9-20)11-19-15-10-13(17)6-7-14(15)16(21)18-2/h6-7,10,12,19H,3-5,8-9,11,17H2,1-2H3,(H,18,21). The number of piperidine rings is 1. The van der Waals surface area contributed by atoms with Gasteiger partial charge in [0.15, 0.2) is 0 Å². The van der Waals surface area contributed by atoms with Crippen molar-refractivity contribution in [3.8, 4) is 0 Å². The predicted molar refractivity (Wildman–Crippen MR) is 87.6 cm³/mol. The first-order valence-electron chi connectivity index (χ1n) is 7.71. The average molecular weight is 290 g/mol. The second-order valence-corrected chi connectivity index (χ2v) is 5.71. The van der Waals surface area contributed by atoms with Crippen molar-refractivity contribution in [3.05, 3.63) is 23.8 Å². The van der Waals surface area contributed by atoms with Gasteiger partial charge in [0.2, 0.25) is 0 Å². The molecule has 1 fully saturated rings. The fourth-order valence-electron chi connectivity index (χ4n) is 2.79. The maximum atomic E-state index is 11.9. The van der Waals surface area contributed by atoms with Gasteiger partial charge in [0.05, 0.1) is 5.56 Å². The summed E-state index contributed by atoms with van der Waals surface area (Å²) in [6.45, 7) is 5.38. The summed E-state index contributed by atoms with van der Waals surface area (Å²) in [5.74, 6) is -0.0943. The van der Waals surface area contributed by atoms with E-state index in [0.717, 1.165) is 12.2 Å². The number of carbonyl (C=O) groups is 1. The highest BCUT2D eigenvalue weighted by Gasteiger charge is 2.17. The van der Waals surface area contributed by atoms with Crippen LogP contribution in [0.2, 0.25) is 0 Å². The molecule has 1 aliphatic heterocycles. The van der Waals surface area contributed by atoms with Gasteiger partial charge in [-0.05, 0) is 51.1 Å². The van der Waals surface area contributed by atoms with E-state index in [4.69, 9.17) is 5.73 Å². The molecule has 0 radical (unpaired) electrons. The first-order valence-corrected chi connectivity index (χ1v) is 7.71. The fraction of sp³-hybridized carbons (Fsp3) is 0.562. The van der Waals surface area contributed by atoms with Crippen LogP contribution >= 0.6 is 0 Å². The third-order valence-electron chi connectivity index (χ3n) is 4.12. The van der Waals surface area contributed by atoms with Crippen LogP contribution in [0.1, 0.15) is 36.5 Å². The van der Waals surface area contributed by atoms with Gasteiger partial charge in [-0.3, -0.25) is 9.69 Å². The lowest BCUT2D eigenvalue weighted by atomic mass is 10.1. The van der Waals surface area contributed by atoms with Gasteiger partial charge in [-0.1, -0.05) is 6.42 Å². The van der Waals surface area contributed by atoms with Gasteiger partial charge in [0.25, 0.3) is 5.91 Å². The van der Waals surface area contributed by atoms with Crippen molar-refractivity contribution < 1.29 is 4.79 Å². The zero-order valence-corrected chi connectivity index (χ0v) is 13.0. The molecule has 1 saturated heterocycles. The summed E-state index contributed by atoms with van der Waals surface area (Å²) < 4.78 is 0. The molecule has 4 N–H and O–H groups in total. The van der Waals surface area contributed by atoms with E-state index in [2.05, 4.69) is 22.5 Å². The lowest BCUT2D eigenvalue weighted by Gasteiger charge is -2.32. The van der Waals surface area contributed by atoms with Crippen LogP contribution in [0, 0.1) is 0 Å². The normalized spacial score (nSPS) is 17.2. The van der Waals surface area contributed by atoms with Crippen LogP contribution in [0.25, 0.3) is 0 Å². The van der Waals surface area contributed by atoms with Gasteiger partial charge in [-0.15, -0.1) is 0 Å². The highest BCUT2D eigenvalue weighted by molar-refractivity contribution is 6.00. The van der Waals surface area contributed by atoms with E-state index in [1.807, 2.05) is 6.07 Å². The third-order valence-corrected chi connectivity index (χ3v) is 4.12. The molecule has 0 bridgehead atoms. The number of carbonyl (C=O) groups excluding carboxylic acids is 1. The Labute approximate surface area is 126 Å². The van der Waals surface area contributed by atoms with Gasteiger partial charge < -0.3 is 16.4 Å². The molecule has 5 nitrogen and oxygen atoms in total. The van der Waals surface area contributed by atoms with Crippen LogP contribution in [0.3, 0.4) is 0 Å². The molecule has 21 heavy (non-hydrogen) atoms. The fourth-order valence-corrected chi connectivity index (χ4v) is 2.79. The molecule has 1 unspecified atom stereocenters. The summed E-state index contributed by atoms with van der Waals surface area (Å²) in [6, 6.07) is 5.79. The minimum atomic E-state index is -0.0943. The second-order valence-electron chi connectivity index (χ2n) is 5.71. The van der Waals surface area contributed by atoms with Crippen molar-refractivity contribution >= 4 is 17.3 Å². The summed E-state index contributed by atoms with van der Waals surface area (Å²) in [4.78, 5) is 14.4. The molecule has 0 spiro atoms. The van der Waals surface area contributed by atoms with E-state index >= 15 is 0 Å². The van der Waals surface area contributed by atoms with Crippen LogP contribution in [0.5, 0.6) is 0 Å². The molecule has 0 aliphatic carbocycles. The first kappa shape index (κ1) is 15.6. The Kier molecular flexibility index (Phi) is 5.44. The third kappa shape index (κ3) is 4.11. The lowest BCUT2D eigenvalue weighted by Crippen LogP contribution is -2.41. The Morgan fingerprint density at radius 2 is 2.05 bits per heavy atom. The molecule has 1 aromatic carbocycles. The van der Waals surface area contributed by atoms with E-state index < -0.39 is 0 Å². The maximum Gasteiger partial charge on any atom is 0.253 e. The van der Waals surface area contributed by atoms with Crippen LogP contribution < -0.4 is 16.4 Å². The zero-order chi connectivity index (χ0) is 15.2. The number of nitrogens with one attached hydrogen (secondary N) is 2. The Hall–Kier alpha value is -1.75. The molecule has 2 rings (SSSR count). The quantitative estimate of drug-likeness (QED) is 0.725. The maximum absolute atomic E-state index is 11.9. The number of amides is 1. The monoisotopic (exact) mass is 290 g/mol. The summed E-state index contributed by atoms with van der Waals surface area (Å²) in [5, 5.41) is 6.05. The number of anilines is 2. The Morgan fingerprint density at radius 3 is 2.71 bits per heavy atom. The second kappa shape index (κ2) is 7.31. The molecule has 1 aromatic rings. The van der Waals surface area contributed by atoms with Gasteiger partial charge in [-0.2, -0.15) is 0 Å². The number of hydrogen-bond donors (Lipinski definition) is 3. The summed E-state index contributed by atoms with van der Waals surface area (Å²) in [6.07, 6.45) is 3.91. The zero-order valence-electron chi connectivity index (χ0n) is 13.0. The first-order chi connectivity index (χ1) is 10.1. The number of hydrogen-bond acceptors (Lipinski definition) is 4. The molecule has 1 heterocycles. The molecule has 1 atom stereocenters.